The highest BCUT2D eigenvalue weighted by Crippen LogP contribution is 2.37. The third-order valence-electron chi connectivity index (χ3n) is 4.17. The van der Waals surface area contributed by atoms with E-state index in [1.54, 1.807) is 11.6 Å². The van der Waals surface area contributed by atoms with Gasteiger partial charge in [-0.3, -0.25) is 9.59 Å². The molecule has 0 aliphatic carbocycles. The molecule has 0 saturated carbocycles. The zero-order chi connectivity index (χ0) is 21.8. The molecule has 2 rings (SSSR count). The van der Waals surface area contributed by atoms with E-state index < -0.39 is 0 Å². The molecule has 0 atom stereocenters. The summed E-state index contributed by atoms with van der Waals surface area (Å²) in [6.07, 6.45) is 3.45. The van der Waals surface area contributed by atoms with E-state index in [0.717, 1.165) is 16.7 Å². The smallest absolute Gasteiger partial charge is 0.308 e. The van der Waals surface area contributed by atoms with Crippen molar-refractivity contribution in [3.05, 3.63) is 45.3 Å². The molecule has 0 fully saturated rings. The van der Waals surface area contributed by atoms with Crippen molar-refractivity contribution in [3.63, 3.8) is 0 Å². The zero-order valence-electron chi connectivity index (χ0n) is 17.8. The van der Waals surface area contributed by atoms with Gasteiger partial charge in [0.15, 0.2) is 0 Å². The molecule has 1 aliphatic heterocycles. The normalized spacial score (nSPS) is 15.7. The molecule has 1 aliphatic rings. The van der Waals surface area contributed by atoms with Crippen LogP contribution in [0.3, 0.4) is 0 Å². The van der Waals surface area contributed by atoms with Gasteiger partial charge < -0.3 is 14.5 Å². The number of carbonyl (C=O) groups excluding carboxylic acids is 2. The van der Waals surface area contributed by atoms with Crippen molar-refractivity contribution in [2.45, 2.75) is 39.7 Å². The molecular weight excluding hydrogens is 386 g/mol. The van der Waals surface area contributed by atoms with E-state index >= 15 is 0 Å². The summed E-state index contributed by atoms with van der Waals surface area (Å²) >= 11 is 1.33. The van der Waals surface area contributed by atoms with Crippen molar-refractivity contribution in [1.29, 1.82) is 5.26 Å². The van der Waals surface area contributed by atoms with E-state index in [0.29, 0.717) is 17.2 Å². The molecular formula is C22H27N3O3S. The lowest BCUT2D eigenvalue weighted by atomic mass is 9.83. The lowest BCUT2D eigenvalue weighted by Crippen LogP contribution is -2.28. The second-order valence-electron chi connectivity index (χ2n) is 8.14. The lowest BCUT2D eigenvalue weighted by Gasteiger charge is -2.26. The number of nitrogens with zero attached hydrogens (tertiary/aromatic N) is 3. The minimum Gasteiger partial charge on any atom is -0.426 e. The average molecular weight is 414 g/mol. The Kier molecular flexibility index (Phi) is 7.28. The Bertz CT molecular complexity index is 905. The van der Waals surface area contributed by atoms with Crippen LogP contribution in [0.2, 0.25) is 0 Å². The van der Waals surface area contributed by atoms with Crippen LogP contribution >= 0.6 is 11.8 Å². The predicted octanol–water partition coefficient (Wildman–Crippen LogP) is 3.88. The molecule has 1 aromatic rings. The van der Waals surface area contributed by atoms with Gasteiger partial charge in [-0.2, -0.15) is 5.26 Å². The van der Waals surface area contributed by atoms with Gasteiger partial charge in [0.25, 0.3) is 5.91 Å². The van der Waals surface area contributed by atoms with Gasteiger partial charge in [-0.15, -0.1) is 0 Å². The van der Waals surface area contributed by atoms with Gasteiger partial charge in [-0.05, 0) is 48.7 Å². The second-order valence-corrected chi connectivity index (χ2v) is 9.09. The van der Waals surface area contributed by atoms with Gasteiger partial charge in [0.1, 0.15) is 12.3 Å². The Morgan fingerprint density at radius 3 is 2.59 bits per heavy atom. The van der Waals surface area contributed by atoms with Crippen molar-refractivity contribution in [1.82, 2.24) is 9.80 Å². The summed E-state index contributed by atoms with van der Waals surface area (Å²) in [6, 6.07) is 5.91. The summed E-state index contributed by atoms with van der Waals surface area (Å²) in [6.45, 7) is 8.17. The van der Waals surface area contributed by atoms with E-state index in [1.165, 1.54) is 23.6 Å². The van der Waals surface area contributed by atoms with Crippen LogP contribution in [0.25, 0.3) is 6.08 Å². The van der Waals surface area contributed by atoms with E-state index in [4.69, 9.17) is 10.00 Å². The van der Waals surface area contributed by atoms with Gasteiger partial charge in [-0.25, -0.2) is 0 Å². The third-order valence-corrected chi connectivity index (χ3v) is 4.98. The minimum absolute atomic E-state index is 0.0117. The molecule has 1 amide bonds. The number of benzene rings is 1. The molecule has 0 N–H and O–H groups in total. The van der Waals surface area contributed by atoms with Crippen LogP contribution in [-0.2, 0) is 21.5 Å². The van der Waals surface area contributed by atoms with Crippen molar-refractivity contribution < 1.29 is 14.3 Å². The first-order valence-corrected chi connectivity index (χ1v) is 10.1. The zero-order valence-corrected chi connectivity index (χ0v) is 18.6. The summed E-state index contributed by atoms with van der Waals surface area (Å²) in [5.74, 6) is 0.0148. The first kappa shape index (κ1) is 22.7. The molecule has 7 heteroatoms. The molecule has 0 spiro atoms. The van der Waals surface area contributed by atoms with Crippen molar-refractivity contribution in [3.8, 4) is 11.8 Å². The van der Waals surface area contributed by atoms with Crippen LogP contribution in [0.4, 0.5) is 0 Å². The van der Waals surface area contributed by atoms with Gasteiger partial charge >= 0.3 is 5.97 Å². The Labute approximate surface area is 176 Å². The highest BCUT2D eigenvalue weighted by Gasteiger charge is 2.25. The molecule has 0 unspecified atom stereocenters. The largest absolute Gasteiger partial charge is 0.426 e. The van der Waals surface area contributed by atoms with Crippen LogP contribution in [0, 0.1) is 11.3 Å². The van der Waals surface area contributed by atoms with Crippen LogP contribution in [0.15, 0.2) is 28.6 Å². The number of rotatable bonds is 5. The number of carbonyl (C=O) groups is 2. The molecule has 0 radical (unpaired) electrons. The van der Waals surface area contributed by atoms with Crippen molar-refractivity contribution in [2.75, 3.05) is 20.6 Å². The summed E-state index contributed by atoms with van der Waals surface area (Å²) in [4.78, 5) is 28.3. The monoisotopic (exact) mass is 413 g/mol. The van der Waals surface area contributed by atoms with Crippen LogP contribution < -0.4 is 4.74 Å². The number of amides is 1. The highest BCUT2D eigenvalue weighted by molar-refractivity contribution is 8.06. The van der Waals surface area contributed by atoms with Crippen molar-refractivity contribution in [2.24, 2.45) is 0 Å². The highest BCUT2D eigenvalue weighted by atomic mass is 32.2. The summed E-state index contributed by atoms with van der Waals surface area (Å²) in [7, 11) is 3.90. The number of hydrogen-bond donors (Lipinski definition) is 0. The summed E-state index contributed by atoms with van der Waals surface area (Å²) in [5.41, 5.74) is 2.36. The first-order chi connectivity index (χ1) is 13.5. The second kappa shape index (κ2) is 9.29. The minimum atomic E-state index is -0.364. The van der Waals surface area contributed by atoms with Gasteiger partial charge in [-0.1, -0.05) is 32.5 Å². The molecule has 29 heavy (non-hydrogen) atoms. The Balaban J connectivity index is 2.61. The third kappa shape index (κ3) is 5.96. The fraction of sp³-hybridized carbons (Fsp3) is 0.409. The standard InChI is InChI=1S/C22H27N3O3S/c1-15(26)28-20-17(14-24(5)6)11-16(12-18(20)22(2,3)4)13-19-21(27)25(8-7-23)9-10-29-19/h9-13H,8,14H2,1-6H3/b19-13-. The number of hydrogen-bond acceptors (Lipinski definition) is 6. The van der Waals surface area contributed by atoms with Gasteiger partial charge in [0, 0.05) is 30.8 Å². The number of nitriles is 1. The van der Waals surface area contributed by atoms with E-state index in [9.17, 15) is 9.59 Å². The molecule has 1 aromatic carbocycles. The number of thioether (sulfide) groups is 1. The predicted molar refractivity (Wildman–Crippen MR) is 116 cm³/mol. The topological polar surface area (TPSA) is 73.6 Å². The van der Waals surface area contributed by atoms with Gasteiger partial charge in [0.2, 0.25) is 0 Å². The Morgan fingerprint density at radius 1 is 1.34 bits per heavy atom. The maximum Gasteiger partial charge on any atom is 0.308 e. The van der Waals surface area contributed by atoms with E-state index in [2.05, 4.69) is 20.8 Å². The number of esters is 1. The van der Waals surface area contributed by atoms with Crippen LogP contribution in [0.1, 0.15) is 44.4 Å². The van der Waals surface area contributed by atoms with Crippen LogP contribution in [-0.4, -0.2) is 42.3 Å². The molecule has 6 nitrogen and oxygen atoms in total. The van der Waals surface area contributed by atoms with E-state index in [1.807, 2.05) is 43.3 Å². The fourth-order valence-electron chi connectivity index (χ4n) is 2.96. The van der Waals surface area contributed by atoms with Crippen molar-refractivity contribution >= 4 is 29.7 Å². The summed E-state index contributed by atoms with van der Waals surface area (Å²) < 4.78 is 5.61. The SMILES string of the molecule is CC(=O)Oc1c(CN(C)C)cc(/C=C2\SC=CN(CC#N)C2=O)cc1C(C)(C)C. The van der Waals surface area contributed by atoms with Crippen LogP contribution in [0.5, 0.6) is 5.75 Å². The summed E-state index contributed by atoms with van der Waals surface area (Å²) in [5, 5.41) is 10.7. The number of ether oxygens (including phenoxy) is 1. The molecule has 1 heterocycles. The molecule has 154 valence electrons. The Morgan fingerprint density at radius 2 is 2.03 bits per heavy atom. The molecule has 0 aromatic heterocycles. The maximum absolute atomic E-state index is 12.6. The van der Waals surface area contributed by atoms with Gasteiger partial charge in [0.05, 0.1) is 11.0 Å². The molecule has 0 bridgehead atoms. The molecule has 0 saturated heterocycles. The maximum atomic E-state index is 12.6. The van der Waals surface area contributed by atoms with E-state index in [-0.39, 0.29) is 23.8 Å². The fourth-order valence-corrected chi connectivity index (χ4v) is 3.74. The average Bonchev–Trinajstić information content (AvgIpc) is 2.58. The Hall–Kier alpha value is -2.56. The quantitative estimate of drug-likeness (QED) is 0.316. The first-order valence-electron chi connectivity index (χ1n) is 9.26. The lowest BCUT2D eigenvalue weighted by molar-refractivity contribution is -0.132.